The van der Waals surface area contributed by atoms with E-state index in [2.05, 4.69) is 20.5 Å². The number of H-pyrrole nitrogens is 1. The fourth-order valence-corrected chi connectivity index (χ4v) is 2.47. The summed E-state index contributed by atoms with van der Waals surface area (Å²) in [7, 11) is 0. The van der Waals surface area contributed by atoms with Crippen LogP contribution in [0, 0.1) is 0 Å². The molecule has 0 fully saturated rings. The van der Waals surface area contributed by atoms with Gasteiger partial charge < -0.3 is 5.32 Å². The number of carbonyl (C=O) groups excluding carboxylic acids is 1. The molecule has 2 aromatic rings. The molecule has 0 spiro atoms. The van der Waals surface area contributed by atoms with E-state index < -0.39 is 0 Å². The largest absolute Gasteiger partial charge is 0.349 e. The molecule has 19 heavy (non-hydrogen) atoms. The second kappa shape index (κ2) is 6.58. The molecule has 1 atom stereocenters. The van der Waals surface area contributed by atoms with Crippen molar-refractivity contribution >= 4 is 29.3 Å². The highest BCUT2D eigenvalue weighted by atomic mass is 35.5. The Bertz CT molecular complexity index is 546. The van der Waals surface area contributed by atoms with Crippen LogP contribution in [-0.2, 0) is 4.79 Å². The number of hydrogen-bond donors (Lipinski definition) is 2. The maximum Gasteiger partial charge on any atom is 0.230 e. The first kappa shape index (κ1) is 13.9. The maximum atomic E-state index is 11.8. The smallest absolute Gasteiger partial charge is 0.230 e. The number of nitrogens with zero attached hydrogens (tertiary/aromatic N) is 2. The molecule has 0 radical (unpaired) electrons. The third kappa shape index (κ3) is 3.97. The number of rotatable bonds is 5. The molecule has 0 aliphatic heterocycles. The summed E-state index contributed by atoms with van der Waals surface area (Å²) in [5.74, 6) is 0.207. The zero-order chi connectivity index (χ0) is 13.7. The van der Waals surface area contributed by atoms with Gasteiger partial charge in [0.25, 0.3) is 0 Å². The van der Waals surface area contributed by atoms with E-state index in [9.17, 15) is 4.79 Å². The quantitative estimate of drug-likeness (QED) is 0.831. The topological polar surface area (TPSA) is 70.7 Å². The van der Waals surface area contributed by atoms with Crippen LogP contribution in [0.3, 0.4) is 0 Å². The average molecular weight is 297 g/mol. The van der Waals surface area contributed by atoms with Gasteiger partial charge in [0, 0.05) is 5.02 Å². The van der Waals surface area contributed by atoms with Gasteiger partial charge in [-0.1, -0.05) is 41.6 Å². The Morgan fingerprint density at radius 2 is 2.32 bits per heavy atom. The lowest BCUT2D eigenvalue weighted by Crippen LogP contribution is -2.28. The lowest BCUT2D eigenvalue weighted by atomic mass is 10.1. The molecule has 1 aromatic heterocycles. The monoisotopic (exact) mass is 296 g/mol. The van der Waals surface area contributed by atoms with E-state index in [0.29, 0.717) is 10.2 Å². The third-order valence-corrected chi connectivity index (χ3v) is 3.70. The van der Waals surface area contributed by atoms with E-state index in [1.165, 1.54) is 18.1 Å². The minimum atomic E-state index is -0.128. The number of carbonyl (C=O) groups is 1. The predicted octanol–water partition coefficient (Wildman–Crippen LogP) is 2.43. The van der Waals surface area contributed by atoms with Gasteiger partial charge in [-0.2, -0.15) is 5.10 Å². The van der Waals surface area contributed by atoms with Crippen LogP contribution in [0.15, 0.2) is 35.7 Å². The van der Waals surface area contributed by atoms with Crippen molar-refractivity contribution in [1.82, 2.24) is 20.5 Å². The molecular formula is C12H13ClN4OS. The Kier molecular flexibility index (Phi) is 4.81. The van der Waals surface area contributed by atoms with Gasteiger partial charge in [-0.05, 0) is 18.6 Å². The van der Waals surface area contributed by atoms with Gasteiger partial charge in [-0.3, -0.25) is 9.89 Å². The lowest BCUT2D eigenvalue weighted by molar-refractivity contribution is -0.119. The van der Waals surface area contributed by atoms with Gasteiger partial charge >= 0.3 is 0 Å². The van der Waals surface area contributed by atoms with Gasteiger partial charge in [0.05, 0.1) is 11.8 Å². The summed E-state index contributed by atoms with van der Waals surface area (Å²) in [6.45, 7) is 1.90. The molecule has 7 heteroatoms. The molecule has 2 N–H and O–H groups in total. The summed E-state index contributed by atoms with van der Waals surface area (Å²) in [5, 5.41) is 10.6. The number of halogens is 1. The Balaban J connectivity index is 1.87. The normalized spacial score (nSPS) is 12.1. The summed E-state index contributed by atoms with van der Waals surface area (Å²) in [4.78, 5) is 15.7. The van der Waals surface area contributed by atoms with Crippen LogP contribution in [-0.4, -0.2) is 26.8 Å². The molecule has 0 bridgehead atoms. The number of benzene rings is 1. The van der Waals surface area contributed by atoms with Crippen LogP contribution in [0.1, 0.15) is 18.5 Å². The van der Waals surface area contributed by atoms with Crippen LogP contribution in [0.25, 0.3) is 0 Å². The molecule has 0 saturated heterocycles. The SMILES string of the molecule is C[C@H](NC(=O)CSc1ncn[nH]1)c1ccccc1Cl. The summed E-state index contributed by atoms with van der Waals surface area (Å²) >= 11 is 7.38. The van der Waals surface area contributed by atoms with Crippen LogP contribution in [0.2, 0.25) is 5.02 Å². The van der Waals surface area contributed by atoms with E-state index in [4.69, 9.17) is 11.6 Å². The van der Waals surface area contributed by atoms with Crippen molar-refractivity contribution in [3.05, 3.63) is 41.2 Å². The van der Waals surface area contributed by atoms with Gasteiger partial charge in [-0.15, -0.1) is 0 Å². The Morgan fingerprint density at radius 3 is 3.00 bits per heavy atom. The highest BCUT2D eigenvalue weighted by Crippen LogP contribution is 2.22. The first-order valence-corrected chi connectivity index (χ1v) is 7.05. The Hall–Kier alpha value is -1.53. The van der Waals surface area contributed by atoms with Crippen molar-refractivity contribution < 1.29 is 4.79 Å². The average Bonchev–Trinajstić information content (AvgIpc) is 2.90. The first-order chi connectivity index (χ1) is 9.16. The molecule has 1 aromatic carbocycles. The van der Waals surface area contributed by atoms with Crippen molar-refractivity contribution in [2.24, 2.45) is 0 Å². The summed E-state index contributed by atoms with van der Waals surface area (Å²) < 4.78 is 0. The van der Waals surface area contributed by atoms with E-state index in [0.717, 1.165) is 5.56 Å². The number of aromatic amines is 1. The molecular weight excluding hydrogens is 284 g/mol. The molecule has 1 amide bonds. The van der Waals surface area contributed by atoms with Crippen LogP contribution < -0.4 is 5.32 Å². The number of nitrogens with one attached hydrogen (secondary N) is 2. The van der Waals surface area contributed by atoms with E-state index in [-0.39, 0.29) is 17.7 Å². The number of thioether (sulfide) groups is 1. The number of amides is 1. The van der Waals surface area contributed by atoms with Gasteiger partial charge in [-0.25, -0.2) is 4.98 Å². The standard InChI is InChI=1S/C12H13ClN4OS/c1-8(9-4-2-3-5-10(9)13)16-11(18)6-19-12-14-7-15-17-12/h2-5,7-8H,6H2,1H3,(H,16,18)(H,14,15,17)/t8-/m0/s1. The zero-order valence-electron chi connectivity index (χ0n) is 10.3. The van der Waals surface area contributed by atoms with E-state index >= 15 is 0 Å². The highest BCUT2D eigenvalue weighted by Gasteiger charge is 2.12. The minimum Gasteiger partial charge on any atom is -0.349 e. The second-order valence-electron chi connectivity index (χ2n) is 3.89. The first-order valence-electron chi connectivity index (χ1n) is 5.69. The lowest BCUT2D eigenvalue weighted by Gasteiger charge is -2.15. The molecule has 1 heterocycles. The van der Waals surface area contributed by atoms with Crippen molar-refractivity contribution in [3.63, 3.8) is 0 Å². The van der Waals surface area contributed by atoms with E-state index in [1.807, 2.05) is 31.2 Å². The Labute approximate surface area is 120 Å². The van der Waals surface area contributed by atoms with E-state index in [1.54, 1.807) is 0 Å². The molecule has 0 aliphatic carbocycles. The third-order valence-electron chi connectivity index (χ3n) is 2.48. The van der Waals surface area contributed by atoms with Gasteiger partial charge in [0.15, 0.2) is 5.16 Å². The van der Waals surface area contributed by atoms with Crippen LogP contribution in [0.4, 0.5) is 0 Å². The number of aromatic nitrogens is 3. The molecule has 0 aliphatic rings. The Morgan fingerprint density at radius 1 is 1.53 bits per heavy atom. The minimum absolute atomic E-state index is 0.0752. The number of hydrogen-bond acceptors (Lipinski definition) is 4. The van der Waals surface area contributed by atoms with Crippen LogP contribution >= 0.6 is 23.4 Å². The van der Waals surface area contributed by atoms with Crippen molar-refractivity contribution in [2.75, 3.05) is 5.75 Å². The molecule has 0 unspecified atom stereocenters. The molecule has 2 rings (SSSR count). The molecule has 0 saturated carbocycles. The van der Waals surface area contributed by atoms with Gasteiger partial charge in [0.1, 0.15) is 6.33 Å². The zero-order valence-corrected chi connectivity index (χ0v) is 11.8. The fraction of sp³-hybridized carbons (Fsp3) is 0.250. The van der Waals surface area contributed by atoms with Crippen molar-refractivity contribution in [3.8, 4) is 0 Å². The van der Waals surface area contributed by atoms with Crippen molar-refractivity contribution in [1.29, 1.82) is 0 Å². The van der Waals surface area contributed by atoms with Crippen molar-refractivity contribution in [2.45, 2.75) is 18.1 Å². The molecule has 100 valence electrons. The highest BCUT2D eigenvalue weighted by molar-refractivity contribution is 7.99. The summed E-state index contributed by atoms with van der Waals surface area (Å²) in [6.07, 6.45) is 1.41. The summed E-state index contributed by atoms with van der Waals surface area (Å²) in [6, 6.07) is 7.34. The second-order valence-corrected chi connectivity index (χ2v) is 5.26. The summed E-state index contributed by atoms with van der Waals surface area (Å²) in [5.41, 5.74) is 0.905. The fourth-order valence-electron chi connectivity index (χ4n) is 1.58. The van der Waals surface area contributed by atoms with Gasteiger partial charge in [0.2, 0.25) is 5.91 Å². The molecule has 5 nitrogen and oxygen atoms in total. The predicted molar refractivity (Wildman–Crippen MR) is 75.1 cm³/mol. The maximum absolute atomic E-state index is 11.8. The van der Waals surface area contributed by atoms with Crippen LogP contribution in [0.5, 0.6) is 0 Å².